The van der Waals surface area contributed by atoms with Crippen LogP contribution in [0.4, 0.5) is 4.39 Å². The Morgan fingerprint density at radius 3 is 2.65 bits per heavy atom. The van der Waals surface area contributed by atoms with Crippen molar-refractivity contribution < 1.29 is 14.2 Å². The Morgan fingerprint density at radius 2 is 1.92 bits per heavy atom. The second-order valence-electron chi connectivity index (χ2n) is 12.3. The molecule has 6 atom stereocenters. The smallest absolute Gasteiger partial charge is 0.123 e. The monoisotopic (exact) mass is 507 g/mol. The van der Waals surface area contributed by atoms with Crippen LogP contribution in [-0.2, 0) is 17.8 Å². The molecule has 2 aromatic rings. The van der Waals surface area contributed by atoms with E-state index in [0.29, 0.717) is 23.9 Å². The Kier molecular flexibility index (Phi) is 7.37. The highest BCUT2D eigenvalue weighted by Gasteiger charge is 2.60. The van der Waals surface area contributed by atoms with Gasteiger partial charge in [-0.15, -0.1) is 0 Å². The number of ether oxygens (including phenoxy) is 1. The van der Waals surface area contributed by atoms with Gasteiger partial charge in [-0.2, -0.15) is 0 Å². The summed E-state index contributed by atoms with van der Waals surface area (Å²) in [4.78, 5) is 9.74. The number of aliphatic hydroxyl groups is 1. The Labute approximate surface area is 221 Å². The number of methoxy groups -OCH3 is 1. The number of nitrogens with zero attached hydrogens (tertiary/aromatic N) is 3. The van der Waals surface area contributed by atoms with Crippen LogP contribution in [0, 0.1) is 34.9 Å². The van der Waals surface area contributed by atoms with Crippen LogP contribution in [0.15, 0.2) is 48.7 Å². The van der Waals surface area contributed by atoms with Gasteiger partial charge in [-0.3, -0.25) is 14.8 Å². The maximum atomic E-state index is 13.8. The van der Waals surface area contributed by atoms with Crippen LogP contribution in [-0.4, -0.2) is 65.4 Å². The summed E-state index contributed by atoms with van der Waals surface area (Å²) in [6, 6.07) is 13.4. The van der Waals surface area contributed by atoms with Gasteiger partial charge in [0, 0.05) is 39.0 Å². The number of fused-ring (bicyclic) bond motifs is 4. The van der Waals surface area contributed by atoms with Crippen LogP contribution >= 0.6 is 0 Å². The minimum Gasteiger partial charge on any atom is -0.395 e. The summed E-state index contributed by atoms with van der Waals surface area (Å²) >= 11 is 0. The molecule has 1 N–H and O–H groups in total. The van der Waals surface area contributed by atoms with Crippen LogP contribution in [0.5, 0.6) is 0 Å². The fraction of sp³-hybridized carbons (Fsp3) is 0.645. The number of piperidine rings is 2. The third-order valence-corrected chi connectivity index (χ3v) is 10.4. The largest absolute Gasteiger partial charge is 0.395 e. The van der Waals surface area contributed by atoms with Gasteiger partial charge in [0.05, 0.1) is 18.4 Å². The molecule has 0 bridgehead atoms. The lowest BCUT2D eigenvalue weighted by molar-refractivity contribution is -0.110. The van der Waals surface area contributed by atoms with Crippen molar-refractivity contribution in [3.8, 4) is 0 Å². The van der Waals surface area contributed by atoms with Gasteiger partial charge < -0.3 is 9.84 Å². The molecule has 2 saturated carbocycles. The maximum absolute atomic E-state index is 13.8. The fourth-order valence-electron chi connectivity index (χ4n) is 8.88. The van der Waals surface area contributed by atoms with Crippen LogP contribution in [0.1, 0.15) is 49.8 Å². The van der Waals surface area contributed by atoms with E-state index in [4.69, 9.17) is 4.74 Å². The Morgan fingerprint density at radius 1 is 1.05 bits per heavy atom. The van der Waals surface area contributed by atoms with E-state index in [1.165, 1.54) is 44.6 Å². The first-order valence-corrected chi connectivity index (χ1v) is 14.3. The third-order valence-electron chi connectivity index (χ3n) is 10.4. The molecule has 4 aliphatic rings. The van der Waals surface area contributed by atoms with Gasteiger partial charge in [-0.1, -0.05) is 18.2 Å². The number of likely N-dealkylation sites (tertiary alicyclic amines) is 2. The number of benzene rings is 1. The number of aliphatic hydroxyl groups excluding tert-OH is 1. The lowest BCUT2D eigenvalue weighted by Crippen LogP contribution is -2.61. The average molecular weight is 508 g/mol. The summed E-state index contributed by atoms with van der Waals surface area (Å²) in [5, 5.41) is 10.7. The predicted octanol–water partition coefficient (Wildman–Crippen LogP) is 4.75. The van der Waals surface area contributed by atoms with E-state index < -0.39 is 0 Å². The van der Waals surface area contributed by atoms with Gasteiger partial charge in [-0.25, -0.2) is 4.39 Å². The van der Waals surface area contributed by atoms with Crippen molar-refractivity contribution in [2.45, 2.75) is 63.8 Å². The van der Waals surface area contributed by atoms with E-state index in [2.05, 4.69) is 26.9 Å². The zero-order valence-electron chi connectivity index (χ0n) is 22.1. The average Bonchev–Trinajstić information content (AvgIpc) is 3.30. The Hall–Kier alpha value is -1.86. The van der Waals surface area contributed by atoms with E-state index >= 15 is 0 Å². The zero-order chi connectivity index (χ0) is 25.4. The lowest BCUT2D eigenvalue weighted by atomic mass is 9.57. The molecule has 6 rings (SSSR count). The first kappa shape index (κ1) is 25.4. The first-order valence-electron chi connectivity index (χ1n) is 14.3. The van der Waals surface area contributed by atoms with Crippen molar-refractivity contribution in [1.82, 2.24) is 14.8 Å². The molecule has 200 valence electrons. The van der Waals surface area contributed by atoms with Crippen molar-refractivity contribution in [2.75, 3.05) is 33.4 Å². The first-order chi connectivity index (χ1) is 18.1. The molecule has 1 aromatic heterocycles. The van der Waals surface area contributed by atoms with Crippen LogP contribution in [0.25, 0.3) is 0 Å². The second kappa shape index (κ2) is 10.7. The molecule has 5 nitrogen and oxygen atoms in total. The fourth-order valence-corrected chi connectivity index (χ4v) is 8.88. The standard InChI is InChI=1S/C31H42FN3O2/c1-37-26-8-9-27-23(16-26)17-28-29(20-36)35(19-25-7-2-3-12-33-25)21-31(30(27)28)10-13-34(14-11-31)18-22-5-4-6-24(32)15-22/h2-7,12,15,23,26-30,36H,8-11,13-14,16-21H2,1H3/t23?,26?,27?,28?,29-,30?/m0/s1. The summed E-state index contributed by atoms with van der Waals surface area (Å²) in [7, 11) is 1.87. The highest BCUT2D eigenvalue weighted by molar-refractivity contribution is 5.17. The van der Waals surface area contributed by atoms with Gasteiger partial charge in [-0.05, 0) is 111 Å². The molecule has 3 heterocycles. The summed E-state index contributed by atoms with van der Waals surface area (Å²) in [6.45, 7) is 5.00. The van der Waals surface area contributed by atoms with Crippen molar-refractivity contribution >= 4 is 0 Å². The van der Waals surface area contributed by atoms with E-state index in [1.54, 1.807) is 6.07 Å². The molecule has 0 amide bonds. The molecule has 1 spiro atoms. The number of hydrogen-bond donors (Lipinski definition) is 1. The van der Waals surface area contributed by atoms with Gasteiger partial charge in [0.1, 0.15) is 5.82 Å². The highest BCUT2D eigenvalue weighted by Crippen LogP contribution is 2.62. The molecular formula is C31H42FN3O2. The second-order valence-corrected chi connectivity index (χ2v) is 12.3. The zero-order valence-corrected chi connectivity index (χ0v) is 22.1. The van der Waals surface area contributed by atoms with E-state index in [-0.39, 0.29) is 23.9 Å². The number of aromatic nitrogens is 1. The minimum atomic E-state index is -0.148. The molecule has 6 heteroatoms. The number of pyridine rings is 1. The highest BCUT2D eigenvalue weighted by atomic mass is 19.1. The predicted molar refractivity (Wildman–Crippen MR) is 142 cm³/mol. The molecule has 2 saturated heterocycles. The Balaban J connectivity index is 1.26. The van der Waals surface area contributed by atoms with Crippen molar-refractivity contribution in [1.29, 1.82) is 0 Å². The summed E-state index contributed by atoms with van der Waals surface area (Å²) in [6.07, 6.45) is 9.45. The van der Waals surface area contributed by atoms with Crippen molar-refractivity contribution in [3.05, 3.63) is 65.7 Å². The SMILES string of the molecule is COC1CCC2C(C1)CC1C2C2(CCN(Cc3cccc(F)c3)CC2)CN(Cc2ccccn2)[C@H]1CO. The van der Waals surface area contributed by atoms with Gasteiger partial charge in [0.15, 0.2) is 0 Å². The van der Waals surface area contributed by atoms with Crippen LogP contribution < -0.4 is 0 Å². The lowest BCUT2D eigenvalue weighted by Gasteiger charge is -2.58. The van der Waals surface area contributed by atoms with Crippen molar-refractivity contribution in [2.24, 2.45) is 29.1 Å². The Bertz CT molecular complexity index is 1040. The molecule has 5 unspecified atom stereocenters. The molecule has 2 aliphatic heterocycles. The van der Waals surface area contributed by atoms with Gasteiger partial charge in [0.25, 0.3) is 0 Å². The molecule has 1 aromatic carbocycles. The summed E-state index contributed by atoms with van der Waals surface area (Å²) < 4.78 is 19.6. The maximum Gasteiger partial charge on any atom is 0.123 e. The van der Waals surface area contributed by atoms with E-state index in [1.807, 2.05) is 31.5 Å². The van der Waals surface area contributed by atoms with Crippen LogP contribution in [0.2, 0.25) is 0 Å². The third kappa shape index (κ3) is 4.98. The molecule has 4 fully saturated rings. The molecule has 37 heavy (non-hydrogen) atoms. The normalized spacial score (nSPS) is 33.8. The topological polar surface area (TPSA) is 48.8 Å². The molecule has 2 aliphatic carbocycles. The number of hydrogen-bond acceptors (Lipinski definition) is 5. The summed E-state index contributed by atoms with van der Waals surface area (Å²) in [5.41, 5.74) is 2.42. The minimum absolute atomic E-state index is 0.148. The van der Waals surface area contributed by atoms with E-state index in [9.17, 15) is 9.50 Å². The molecular weight excluding hydrogens is 465 g/mol. The molecule has 0 radical (unpaired) electrons. The van der Waals surface area contributed by atoms with Crippen LogP contribution in [0.3, 0.4) is 0 Å². The van der Waals surface area contributed by atoms with Crippen molar-refractivity contribution in [3.63, 3.8) is 0 Å². The quantitative estimate of drug-likeness (QED) is 0.612. The van der Waals surface area contributed by atoms with Gasteiger partial charge >= 0.3 is 0 Å². The number of rotatable bonds is 6. The van der Waals surface area contributed by atoms with Gasteiger partial charge in [0.2, 0.25) is 0 Å². The van der Waals surface area contributed by atoms with E-state index in [0.717, 1.165) is 49.9 Å². The summed E-state index contributed by atoms with van der Waals surface area (Å²) in [5.74, 6) is 2.51. The number of halogens is 1.